The van der Waals surface area contributed by atoms with Crippen LogP contribution in [-0.4, -0.2) is 22.0 Å². The van der Waals surface area contributed by atoms with Crippen molar-refractivity contribution in [1.29, 1.82) is 0 Å². The number of halogens is 1. The topological polar surface area (TPSA) is 41.9 Å². The quantitative estimate of drug-likeness (QED) is 0.812. The first-order valence-corrected chi connectivity index (χ1v) is 6.38. The summed E-state index contributed by atoms with van der Waals surface area (Å²) in [6, 6.07) is 3.97. The lowest BCUT2D eigenvalue weighted by molar-refractivity contribution is 0.859. The molecule has 0 fully saturated rings. The molecule has 17 heavy (non-hydrogen) atoms. The van der Waals surface area contributed by atoms with Crippen molar-refractivity contribution in [2.75, 3.05) is 11.9 Å². The van der Waals surface area contributed by atoms with Gasteiger partial charge in [0.25, 0.3) is 0 Å². The van der Waals surface area contributed by atoms with Gasteiger partial charge in [0.1, 0.15) is 0 Å². The van der Waals surface area contributed by atoms with Crippen LogP contribution < -0.4 is 4.90 Å². The van der Waals surface area contributed by atoms with Crippen LogP contribution in [0.5, 0.6) is 0 Å². The predicted octanol–water partition coefficient (Wildman–Crippen LogP) is 2.40. The van der Waals surface area contributed by atoms with Gasteiger partial charge < -0.3 is 4.90 Å². The molecule has 0 spiro atoms. The monoisotopic (exact) mass is 292 g/mol. The molecule has 2 aromatic rings. The maximum Gasteiger partial charge on any atom is 0.225 e. The third kappa shape index (κ3) is 3.23. The molecule has 2 aromatic heterocycles. The summed E-state index contributed by atoms with van der Waals surface area (Å²) in [6.07, 6.45) is 7.28. The molecule has 0 N–H and O–H groups in total. The molecule has 2 heterocycles. The Bertz CT molecular complexity index is 458. The van der Waals surface area contributed by atoms with Crippen molar-refractivity contribution in [2.24, 2.45) is 0 Å². The number of hydrogen-bond acceptors (Lipinski definition) is 4. The van der Waals surface area contributed by atoms with Gasteiger partial charge >= 0.3 is 0 Å². The second-order valence-corrected chi connectivity index (χ2v) is 4.30. The number of rotatable bonds is 4. The first-order valence-electron chi connectivity index (χ1n) is 5.26. The molecule has 0 radical (unpaired) electrons. The fourth-order valence-electron chi connectivity index (χ4n) is 1.45. The number of aromatic nitrogens is 3. The summed E-state index contributed by atoms with van der Waals surface area (Å²) >= 11 is 3.37. The summed E-state index contributed by atoms with van der Waals surface area (Å²) in [5.41, 5.74) is 2.21. The summed E-state index contributed by atoms with van der Waals surface area (Å²) < 4.78 is 0. The lowest BCUT2D eigenvalue weighted by Crippen LogP contribution is -2.19. The fraction of sp³-hybridized carbons (Fsp3) is 0.250. The number of anilines is 1. The molecule has 0 bridgehead atoms. The summed E-state index contributed by atoms with van der Waals surface area (Å²) in [5.74, 6) is 0.721. The van der Waals surface area contributed by atoms with Crippen molar-refractivity contribution < 1.29 is 0 Å². The Kier molecular flexibility index (Phi) is 4.03. The predicted molar refractivity (Wildman–Crippen MR) is 71.0 cm³/mol. The van der Waals surface area contributed by atoms with Crippen molar-refractivity contribution in [3.05, 3.63) is 48.0 Å². The Morgan fingerprint density at radius 2 is 1.94 bits per heavy atom. The van der Waals surface area contributed by atoms with E-state index in [1.165, 1.54) is 0 Å². The molecule has 0 aliphatic heterocycles. The summed E-state index contributed by atoms with van der Waals surface area (Å²) in [7, 11) is 1.97. The molecule has 88 valence electrons. The van der Waals surface area contributed by atoms with Crippen molar-refractivity contribution in [1.82, 2.24) is 15.0 Å². The van der Waals surface area contributed by atoms with Crippen LogP contribution in [0.3, 0.4) is 0 Å². The van der Waals surface area contributed by atoms with Gasteiger partial charge in [-0.1, -0.05) is 22.0 Å². The van der Waals surface area contributed by atoms with Gasteiger partial charge in [-0.25, -0.2) is 9.97 Å². The van der Waals surface area contributed by atoms with E-state index in [1.807, 2.05) is 42.7 Å². The van der Waals surface area contributed by atoms with Crippen LogP contribution in [0, 0.1) is 0 Å². The zero-order valence-electron chi connectivity index (χ0n) is 9.55. The molecule has 0 saturated heterocycles. The van der Waals surface area contributed by atoms with Crippen LogP contribution >= 0.6 is 15.9 Å². The van der Waals surface area contributed by atoms with Crippen LogP contribution in [-0.2, 0) is 11.9 Å². The minimum atomic E-state index is 0.721. The van der Waals surface area contributed by atoms with E-state index < -0.39 is 0 Å². The van der Waals surface area contributed by atoms with Crippen LogP contribution in [0.2, 0.25) is 0 Å². The van der Waals surface area contributed by atoms with Gasteiger partial charge in [0.2, 0.25) is 5.95 Å². The van der Waals surface area contributed by atoms with Crippen molar-refractivity contribution in [2.45, 2.75) is 11.9 Å². The number of pyridine rings is 1. The maximum absolute atomic E-state index is 4.31. The van der Waals surface area contributed by atoms with Gasteiger partial charge in [-0.3, -0.25) is 4.98 Å². The third-order valence-corrected chi connectivity index (χ3v) is 2.98. The van der Waals surface area contributed by atoms with Gasteiger partial charge in [0, 0.05) is 43.7 Å². The number of alkyl halides is 1. The molecule has 0 aliphatic carbocycles. The number of hydrogen-bond donors (Lipinski definition) is 0. The smallest absolute Gasteiger partial charge is 0.225 e. The molecule has 0 aromatic carbocycles. The molecular formula is C12H13BrN4. The minimum Gasteiger partial charge on any atom is -0.340 e. The third-order valence-electron chi connectivity index (χ3n) is 2.33. The second-order valence-electron chi connectivity index (χ2n) is 3.74. The molecule has 4 nitrogen and oxygen atoms in total. The first-order chi connectivity index (χ1) is 8.29. The first kappa shape index (κ1) is 12.0. The van der Waals surface area contributed by atoms with E-state index in [-0.39, 0.29) is 0 Å². The van der Waals surface area contributed by atoms with E-state index in [1.54, 1.807) is 6.20 Å². The van der Waals surface area contributed by atoms with E-state index in [0.29, 0.717) is 0 Å². The van der Waals surface area contributed by atoms with E-state index in [4.69, 9.17) is 0 Å². The van der Waals surface area contributed by atoms with Crippen LogP contribution in [0.1, 0.15) is 11.1 Å². The lowest BCUT2D eigenvalue weighted by atomic mass is 10.3. The normalized spacial score (nSPS) is 10.2. The van der Waals surface area contributed by atoms with Gasteiger partial charge in [-0.05, 0) is 17.2 Å². The van der Waals surface area contributed by atoms with Crippen molar-refractivity contribution in [3.8, 4) is 0 Å². The van der Waals surface area contributed by atoms with Crippen LogP contribution in [0.4, 0.5) is 5.95 Å². The number of nitrogens with zero attached hydrogens (tertiary/aromatic N) is 4. The van der Waals surface area contributed by atoms with Crippen LogP contribution in [0.25, 0.3) is 0 Å². The average molecular weight is 293 g/mol. The lowest BCUT2D eigenvalue weighted by Gasteiger charge is -2.16. The highest BCUT2D eigenvalue weighted by atomic mass is 79.9. The standard InChI is InChI=1S/C12H13BrN4/c1-17(9-10-3-2-4-14-6-10)12-15-7-11(5-13)8-16-12/h2-4,6-8H,5,9H2,1H3. The highest BCUT2D eigenvalue weighted by Crippen LogP contribution is 2.10. The Balaban J connectivity index is 2.06. The van der Waals surface area contributed by atoms with Crippen LogP contribution in [0.15, 0.2) is 36.9 Å². The molecule has 5 heteroatoms. The van der Waals surface area contributed by atoms with Crippen molar-refractivity contribution in [3.63, 3.8) is 0 Å². The van der Waals surface area contributed by atoms with E-state index in [0.717, 1.165) is 29.0 Å². The highest BCUT2D eigenvalue weighted by molar-refractivity contribution is 9.08. The van der Waals surface area contributed by atoms with Gasteiger partial charge in [0.05, 0.1) is 0 Å². The SMILES string of the molecule is CN(Cc1cccnc1)c1ncc(CBr)cn1. The molecule has 0 unspecified atom stereocenters. The Morgan fingerprint density at radius 3 is 2.53 bits per heavy atom. The minimum absolute atomic E-state index is 0.721. The Labute approximate surface area is 109 Å². The van der Waals surface area contributed by atoms with Gasteiger partial charge in [-0.15, -0.1) is 0 Å². The highest BCUT2D eigenvalue weighted by Gasteiger charge is 2.04. The van der Waals surface area contributed by atoms with Gasteiger partial charge in [0.15, 0.2) is 0 Å². The van der Waals surface area contributed by atoms with Gasteiger partial charge in [-0.2, -0.15) is 0 Å². The Hall–Kier alpha value is -1.49. The zero-order chi connectivity index (χ0) is 12.1. The maximum atomic E-state index is 4.31. The molecule has 0 aliphatic rings. The molecule has 0 saturated carbocycles. The largest absolute Gasteiger partial charge is 0.340 e. The molecule has 0 amide bonds. The van der Waals surface area contributed by atoms with E-state index in [2.05, 4.69) is 30.9 Å². The molecule has 0 atom stereocenters. The van der Waals surface area contributed by atoms with Crippen molar-refractivity contribution >= 4 is 21.9 Å². The fourth-order valence-corrected chi connectivity index (χ4v) is 1.74. The zero-order valence-corrected chi connectivity index (χ0v) is 11.1. The Morgan fingerprint density at radius 1 is 1.18 bits per heavy atom. The van der Waals surface area contributed by atoms with E-state index in [9.17, 15) is 0 Å². The average Bonchev–Trinajstić information content (AvgIpc) is 2.40. The second kappa shape index (κ2) is 5.72. The molecule has 2 rings (SSSR count). The van der Waals surface area contributed by atoms with E-state index >= 15 is 0 Å². The molecular weight excluding hydrogens is 280 g/mol. The summed E-state index contributed by atoms with van der Waals surface area (Å²) in [6.45, 7) is 0.751. The summed E-state index contributed by atoms with van der Waals surface area (Å²) in [5, 5.41) is 0.777. The summed E-state index contributed by atoms with van der Waals surface area (Å²) in [4.78, 5) is 14.7.